The summed E-state index contributed by atoms with van der Waals surface area (Å²) in [4.78, 5) is 6.58. The minimum absolute atomic E-state index is 0.592. The SMILES string of the molecule is CC1CCCC(C)N1Cc1ccnc(Cl)c1. The van der Waals surface area contributed by atoms with Gasteiger partial charge in [0, 0.05) is 24.8 Å². The molecule has 2 nitrogen and oxygen atoms in total. The van der Waals surface area contributed by atoms with E-state index in [0.29, 0.717) is 17.2 Å². The Kier molecular flexibility index (Phi) is 3.82. The van der Waals surface area contributed by atoms with Crippen LogP contribution in [0.3, 0.4) is 0 Å². The van der Waals surface area contributed by atoms with Crippen molar-refractivity contribution in [3.05, 3.63) is 29.0 Å². The number of aromatic nitrogens is 1. The third-order valence-corrected chi connectivity index (χ3v) is 3.74. The van der Waals surface area contributed by atoms with Gasteiger partial charge in [0.15, 0.2) is 0 Å². The van der Waals surface area contributed by atoms with Crippen molar-refractivity contribution in [2.75, 3.05) is 0 Å². The fourth-order valence-electron chi connectivity index (χ4n) is 2.54. The van der Waals surface area contributed by atoms with E-state index in [9.17, 15) is 0 Å². The molecule has 1 aromatic heterocycles. The lowest BCUT2D eigenvalue weighted by atomic mass is 9.97. The highest BCUT2D eigenvalue weighted by atomic mass is 35.5. The van der Waals surface area contributed by atoms with Crippen LogP contribution in [0.1, 0.15) is 38.7 Å². The molecule has 0 saturated carbocycles. The van der Waals surface area contributed by atoms with Crippen LogP contribution in [0.5, 0.6) is 0 Å². The van der Waals surface area contributed by atoms with E-state index in [1.165, 1.54) is 24.8 Å². The normalized spacial score (nSPS) is 26.9. The summed E-state index contributed by atoms with van der Waals surface area (Å²) in [6.45, 7) is 5.63. The Morgan fingerprint density at radius 1 is 1.38 bits per heavy atom. The minimum atomic E-state index is 0.592. The quantitative estimate of drug-likeness (QED) is 0.734. The summed E-state index contributed by atoms with van der Waals surface area (Å²) in [5.74, 6) is 0. The van der Waals surface area contributed by atoms with Crippen LogP contribution in [-0.4, -0.2) is 22.0 Å². The largest absolute Gasteiger partial charge is 0.294 e. The van der Waals surface area contributed by atoms with Gasteiger partial charge < -0.3 is 0 Å². The fourth-order valence-corrected chi connectivity index (χ4v) is 2.73. The molecule has 0 aromatic carbocycles. The van der Waals surface area contributed by atoms with Gasteiger partial charge in [0.1, 0.15) is 5.15 Å². The highest BCUT2D eigenvalue weighted by molar-refractivity contribution is 6.29. The standard InChI is InChI=1S/C13H19ClN2/c1-10-4-3-5-11(2)16(10)9-12-6-7-15-13(14)8-12/h6-8,10-11H,3-5,9H2,1-2H3. The van der Waals surface area contributed by atoms with Crippen LogP contribution in [0.4, 0.5) is 0 Å². The first kappa shape index (κ1) is 11.9. The maximum absolute atomic E-state index is 5.91. The second-order valence-electron chi connectivity index (χ2n) is 4.79. The van der Waals surface area contributed by atoms with Crippen molar-refractivity contribution in [3.8, 4) is 0 Å². The molecular weight excluding hydrogens is 220 g/mol. The number of pyridine rings is 1. The lowest BCUT2D eigenvalue weighted by molar-refractivity contribution is 0.0952. The number of hydrogen-bond donors (Lipinski definition) is 0. The smallest absolute Gasteiger partial charge is 0.129 e. The molecule has 1 saturated heterocycles. The molecule has 16 heavy (non-hydrogen) atoms. The summed E-state index contributed by atoms with van der Waals surface area (Å²) in [6, 6.07) is 5.38. The molecule has 2 rings (SSSR count). The van der Waals surface area contributed by atoms with Crippen molar-refractivity contribution in [1.29, 1.82) is 0 Å². The molecular formula is C13H19ClN2. The molecule has 2 atom stereocenters. The number of likely N-dealkylation sites (tertiary alicyclic amines) is 1. The number of piperidine rings is 1. The van der Waals surface area contributed by atoms with Crippen LogP contribution in [0.2, 0.25) is 5.15 Å². The van der Waals surface area contributed by atoms with E-state index in [1.807, 2.05) is 6.07 Å². The number of rotatable bonds is 2. The summed E-state index contributed by atoms with van der Waals surface area (Å²) in [5, 5.41) is 0.592. The highest BCUT2D eigenvalue weighted by Gasteiger charge is 2.24. The molecule has 1 aliphatic heterocycles. The van der Waals surface area contributed by atoms with Crippen molar-refractivity contribution < 1.29 is 0 Å². The summed E-state index contributed by atoms with van der Waals surface area (Å²) in [6.07, 6.45) is 5.76. The average molecular weight is 239 g/mol. The number of halogens is 1. The Hall–Kier alpha value is -0.600. The van der Waals surface area contributed by atoms with Crippen molar-refractivity contribution in [2.24, 2.45) is 0 Å². The monoisotopic (exact) mass is 238 g/mol. The molecule has 1 aliphatic rings. The Labute approximate surface area is 103 Å². The predicted octanol–water partition coefficient (Wildman–Crippen LogP) is 3.50. The molecule has 1 fully saturated rings. The van der Waals surface area contributed by atoms with Gasteiger partial charge in [0.05, 0.1) is 0 Å². The first-order chi connectivity index (χ1) is 7.66. The average Bonchev–Trinajstić information content (AvgIpc) is 2.24. The van der Waals surface area contributed by atoms with Crippen molar-refractivity contribution >= 4 is 11.6 Å². The van der Waals surface area contributed by atoms with E-state index in [2.05, 4.69) is 29.8 Å². The van der Waals surface area contributed by atoms with E-state index >= 15 is 0 Å². The number of hydrogen-bond acceptors (Lipinski definition) is 2. The van der Waals surface area contributed by atoms with Crippen LogP contribution in [0.15, 0.2) is 18.3 Å². The highest BCUT2D eigenvalue weighted by Crippen LogP contribution is 2.24. The third kappa shape index (κ3) is 2.74. The van der Waals surface area contributed by atoms with Crippen molar-refractivity contribution in [2.45, 2.75) is 51.7 Å². The molecule has 1 aromatic rings. The third-order valence-electron chi connectivity index (χ3n) is 3.53. The summed E-state index contributed by atoms with van der Waals surface area (Å²) >= 11 is 5.91. The van der Waals surface area contributed by atoms with Gasteiger partial charge >= 0.3 is 0 Å². The maximum atomic E-state index is 5.91. The second kappa shape index (κ2) is 5.15. The Balaban J connectivity index is 2.07. The molecule has 0 amide bonds. The molecule has 0 bridgehead atoms. The number of nitrogens with zero attached hydrogens (tertiary/aromatic N) is 2. The van der Waals surface area contributed by atoms with Gasteiger partial charge in [0.25, 0.3) is 0 Å². The second-order valence-corrected chi connectivity index (χ2v) is 5.18. The molecule has 0 radical (unpaired) electrons. The van der Waals surface area contributed by atoms with Crippen LogP contribution in [0, 0.1) is 0 Å². The maximum Gasteiger partial charge on any atom is 0.129 e. The topological polar surface area (TPSA) is 16.1 Å². The van der Waals surface area contributed by atoms with Gasteiger partial charge in [-0.05, 0) is 44.4 Å². The fraction of sp³-hybridized carbons (Fsp3) is 0.615. The van der Waals surface area contributed by atoms with E-state index in [1.54, 1.807) is 6.20 Å². The van der Waals surface area contributed by atoms with Crippen LogP contribution < -0.4 is 0 Å². The molecule has 0 aliphatic carbocycles. The Morgan fingerprint density at radius 2 is 2.06 bits per heavy atom. The zero-order chi connectivity index (χ0) is 11.5. The zero-order valence-electron chi connectivity index (χ0n) is 9.99. The first-order valence-corrected chi connectivity index (χ1v) is 6.41. The van der Waals surface area contributed by atoms with Gasteiger partial charge in [-0.2, -0.15) is 0 Å². The van der Waals surface area contributed by atoms with Gasteiger partial charge in [-0.3, -0.25) is 4.90 Å². The van der Waals surface area contributed by atoms with Crippen LogP contribution >= 0.6 is 11.6 Å². The van der Waals surface area contributed by atoms with Crippen LogP contribution in [-0.2, 0) is 6.54 Å². The van der Waals surface area contributed by atoms with Crippen molar-refractivity contribution in [1.82, 2.24) is 9.88 Å². The molecule has 2 unspecified atom stereocenters. The molecule has 0 N–H and O–H groups in total. The summed E-state index contributed by atoms with van der Waals surface area (Å²) < 4.78 is 0. The molecule has 88 valence electrons. The van der Waals surface area contributed by atoms with Crippen molar-refractivity contribution in [3.63, 3.8) is 0 Å². The van der Waals surface area contributed by atoms with E-state index in [0.717, 1.165) is 6.54 Å². The van der Waals surface area contributed by atoms with E-state index in [-0.39, 0.29) is 0 Å². The molecule has 3 heteroatoms. The van der Waals surface area contributed by atoms with Gasteiger partial charge in [0.2, 0.25) is 0 Å². The van der Waals surface area contributed by atoms with Gasteiger partial charge in [-0.1, -0.05) is 18.0 Å². The van der Waals surface area contributed by atoms with Gasteiger partial charge in [-0.25, -0.2) is 4.98 Å². The lowest BCUT2D eigenvalue weighted by Gasteiger charge is -2.39. The predicted molar refractivity (Wildman–Crippen MR) is 67.6 cm³/mol. The van der Waals surface area contributed by atoms with E-state index < -0.39 is 0 Å². The lowest BCUT2D eigenvalue weighted by Crippen LogP contribution is -2.42. The Bertz CT molecular complexity index is 344. The molecule has 2 heterocycles. The van der Waals surface area contributed by atoms with Crippen LogP contribution in [0.25, 0.3) is 0 Å². The zero-order valence-corrected chi connectivity index (χ0v) is 10.7. The van der Waals surface area contributed by atoms with E-state index in [4.69, 9.17) is 11.6 Å². The summed E-state index contributed by atoms with van der Waals surface area (Å²) in [7, 11) is 0. The Morgan fingerprint density at radius 3 is 2.69 bits per heavy atom. The summed E-state index contributed by atoms with van der Waals surface area (Å²) in [5.41, 5.74) is 1.26. The minimum Gasteiger partial charge on any atom is -0.294 e. The first-order valence-electron chi connectivity index (χ1n) is 6.03. The van der Waals surface area contributed by atoms with Gasteiger partial charge in [-0.15, -0.1) is 0 Å². The molecule has 0 spiro atoms.